The summed E-state index contributed by atoms with van der Waals surface area (Å²) < 4.78 is 5.77. The van der Waals surface area contributed by atoms with Crippen LogP contribution in [0.15, 0.2) is 48.5 Å². The second kappa shape index (κ2) is 7.09. The van der Waals surface area contributed by atoms with Crippen molar-refractivity contribution in [2.24, 2.45) is 0 Å². The molecule has 0 unspecified atom stereocenters. The highest BCUT2D eigenvalue weighted by molar-refractivity contribution is 5.74. The fourth-order valence-electron chi connectivity index (χ4n) is 2.41. The molecule has 4 heteroatoms. The SMILES string of the molecule is CCCOc1ccccc1CNCc1nc2ccccc2[nH]1. The predicted octanol–water partition coefficient (Wildman–Crippen LogP) is 3.64. The Balaban J connectivity index is 1.60. The molecule has 2 aromatic carbocycles. The number of rotatable bonds is 7. The topological polar surface area (TPSA) is 49.9 Å². The molecule has 22 heavy (non-hydrogen) atoms. The van der Waals surface area contributed by atoms with Crippen molar-refractivity contribution in [2.75, 3.05) is 6.61 Å². The average molecular weight is 295 g/mol. The standard InChI is InChI=1S/C18H21N3O/c1-2-11-22-17-10-6-3-7-14(17)12-19-13-18-20-15-8-4-5-9-16(15)21-18/h3-10,19H,2,11-13H2,1H3,(H,20,21). The lowest BCUT2D eigenvalue weighted by Gasteiger charge is -2.11. The summed E-state index contributed by atoms with van der Waals surface area (Å²) in [6, 6.07) is 16.2. The number of para-hydroxylation sites is 3. The molecule has 114 valence electrons. The minimum absolute atomic E-state index is 0.705. The molecule has 0 saturated heterocycles. The number of H-pyrrole nitrogens is 1. The number of hydrogen-bond acceptors (Lipinski definition) is 3. The Labute approximate surface area is 130 Å². The van der Waals surface area contributed by atoms with Crippen LogP contribution in [0.4, 0.5) is 0 Å². The van der Waals surface area contributed by atoms with Crippen LogP contribution in [0.1, 0.15) is 24.7 Å². The van der Waals surface area contributed by atoms with Crippen LogP contribution in [0.2, 0.25) is 0 Å². The minimum atomic E-state index is 0.705. The summed E-state index contributed by atoms with van der Waals surface area (Å²) in [4.78, 5) is 7.89. The third kappa shape index (κ3) is 3.46. The summed E-state index contributed by atoms with van der Waals surface area (Å²) in [5, 5.41) is 3.42. The van der Waals surface area contributed by atoms with Crippen LogP contribution in [-0.4, -0.2) is 16.6 Å². The van der Waals surface area contributed by atoms with Crippen LogP contribution >= 0.6 is 0 Å². The van der Waals surface area contributed by atoms with Crippen molar-refractivity contribution in [1.29, 1.82) is 0 Å². The molecule has 0 atom stereocenters. The van der Waals surface area contributed by atoms with Crippen molar-refractivity contribution in [1.82, 2.24) is 15.3 Å². The Morgan fingerprint density at radius 1 is 1.05 bits per heavy atom. The van der Waals surface area contributed by atoms with E-state index in [-0.39, 0.29) is 0 Å². The van der Waals surface area contributed by atoms with E-state index in [1.165, 1.54) is 5.56 Å². The number of hydrogen-bond donors (Lipinski definition) is 2. The number of ether oxygens (including phenoxy) is 1. The van der Waals surface area contributed by atoms with Gasteiger partial charge in [-0.25, -0.2) is 4.98 Å². The lowest BCUT2D eigenvalue weighted by molar-refractivity contribution is 0.313. The van der Waals surface area contributed by atoms with E-state index in [1.54, 1.807) is 0 Å². The quantitative estimate of drug-likeness (QED) is 0.699. The van der Waals surface area contributed by atoms with Gasteiger partial charge in [-0.05, 0) is 24.6 Å². The fourth-order valence-corrected chi connectivity index (χ4v) is 2.41. The van der Waals surface area contributed by atoms with E-state index in [0.717, 1.165) is 42.2 Å². The molecule has 3 rings (SSSR count). The zero-order chi connectivity index (χ0) is 15.2. The molecule has 2 N–H and O–H groups in total. The van der Waals surface area contributed by atoms with Gasteiger partial charge in [-0.2, -0.15) is 0 Å². The van der Waals surface area contributed by atoms with Gasteiger partial charge in [-0.3, -0.25) is 0 Å². The first kappa shape index (κ1) is 14.6. The van der Waals surface area contributed by atoms with Crippen LogP contribution in [0.3, 0.4) is 0 Å². The van der Waals surface area contributed by atoms with Gasteiger partial charge in [-0.15, -0.1) is 0 Å². The van der Waals surface area contributed by atoms with Gasteiger partial charge in [0.2, 0.25) is 0 Å². The van der Waals surface area contributed by atoms with E-state index < -0.39 is 0 Å². The molecule has 3 aromatic rings. The summed E-state index contributed by atoms with van der Waals surface area (Å²) >= 11 is 0. The first-order valence-electron chi connectivity index (χ1n) is 7.72. The third-order valence-corrected chi connectivity index (χ3v) is 3.48. The third-order valence-electron chi connectivity index (χ3n) is 3.48. The first-order chi connectivity index (χ1) is 10.9. The number of nitrogens with one attached hydrogen (secondary N) is 2. The van der Waals surface area contributed by atoms with Crippen molar-refractivity contribution < 1.29 is 4.74 Å². The normalized spacial score (nSPS) is 11.0. The highest BCUT2D eigenvalue weighted by Crippen LogP contribution is 2.18. The first-order valence-corrected chi connectivity index (χ1v) is 7.72. The molecule has 0 fully saturated rings. The van der Waals surface area contributed by atoms with Crippen molar-refractivity contribution >= 4 is 11.0 Å². The van der Waals surface area contributed by atoms with Crippen molar-refractivity contribution in [3.05, 3.63) is 59.9 Å². The van der Waals surface area contributed by atoms with Gasteiger partial charge in [0.15, 0.2) is 0 Å². The van der Waals surface area contributed by atoms with Gasteiger partial charge in [0.05, 0.1) is 24.2 Å². The highest BCUT2D eigenvalue weighted by Gasteiger charge is 2.04. The Hall–Kier alpha value is -2.33. The highest BCUT2D eigenvalue weighted by atomic mass is 16.5. The van der Waals surface area contributed by atoms with Crippen molar-refractivity contribution in [3.63, 3.8) is 0 Å². The molecule has 0 amide bonds. The van der Waals surface area contributed by atoms with E-state index in [0.29, 0.717) is 6.54 Å². The van der Waals surface area contributed by atoms with E-state index in [1.807, 2.05) is 42.5 Å². The van der Waals surface area contributed by atoms with E-state index >= 15 is 0 Å². The molecule has 0 saturated carbocycles. The van der Waals surface area contributed by atoms with Crippen LogP contribution < -0.4 is 10.1 Å². The number of nitrogens with zero attached hydrogens (tertiary/aromatic N) is 1. The largest absolute Gasteiger partial charge is 0.493 e. The number of aromatic nitrogens is 2. The molecule has 4 nitrogen and oxygen atoms in total. The fraction of sp³-hybridized carbons (Fsp3) is 0.278. The Bertz CT molecular complexity index is 703. The number of benzene rings is 2. The molecule has 0 spiro atoms. The second-order valence-electron chi connectivity index (χ2n) is 5.26. The molecule has 0 bridgehead atoms. The molecule has 1 heterocycles. The molecule has 0 radical (unpaired) electrons. The molecule has 0 aliphatic carbocycles. The van der Waals surface area contributed by atoms with Crippen LogP contribution in [0.25, 0.3) is 11.0 Å². The monoisotopic (exact) mass is 295 g/mol. The maximum atomic E-state index is 5.77. The van der Waals surface area contributed by atoms with Gasteiger partial charge >= 0.3 is 0 Å². The molecule has 0 aliphatic heterocycles. The zero-order valence-corrected chi connectivity index (χ0v) is 12.8. The Kier molecular flexibility index (Phi) is 4.71. The van der Waals surface area contributed by atoms with Gasteiger partial charge < -0.3 is 15.0 Å². The molecule has 1 aromatic heterocycles. The average Bonchev–Trinajstić information content (AvgIpc) is 2.96. The van der Waals surface area contributed by atoms with E-state index in [2.05, 4.69) is 28.3 Å². The zero-order valence-electron chi connectivity index (χ0n) is 12.8. The van der Waals surface area contributed by atoms with Crippen LogP contribution in [0, 0.1) is 0 Å². The van der Waals surface area contributed by atoms with Crippen molar-refractivity contribution in [2.45, 2.75) is 26.4 Å². The Morgan fingerprint density at radius 2 is 1.86 bits per heavy atom. The van der Waals surface area contributed by atoms with Gasteiger partial charge in [0.25, 0.3) is 0 Å². The lowest BCUT2D eigenvalue weighted by atomic mass is 10.2. The molecular formula is C18H21N3O. The van der Waals surface area contributed by atoms with E-state index in [9.17, 15) is 0 Å². The lowest BCUT2D eigenvalue weighted by Crippen LogP contribution is -2.14. The number of fused-ring (bicyclic) bond motifs is 1. The van der Waals surface area contributed by atoms with Crippen LogP contribution in [0.5, 0.6) is 5.75 Å². The second-order valence-corrected chi connectivity index (χ2v) is 5.26. The smallest absolute Gasteiger partial charge is 0.123 e. The van der Waals surface area contributed by atoms with Crippen molar-refractivity contribution in [3.8, 4) is 5.75 Å². The summed E-state index contributed by atoms with van der Waals surface area (Å²) in [5.74, 6) is 1.91. The van der Waals surface area contributed by atoms with Crippen LogP contribution in [-0.2, 0) is 13.1 Å². The summed E-state index contributed by atoms with van der Waals surface area (Å²) in [5.41, 5.74) is 3.25. The number of imidazole rings is 1. The summed E-state index contributed by atoms with van der Waals surface area (Å²) in [6.45, 7) is 4.33. The van der Waals surface area contributed by atoms with Gasteiger partial charge in [0.1, 0.15) is 11.6 Å². The molecule has 0 aliphatic rings. The van der Waals surface area contributed by atoms with Gasteiger partial charge in [-0.1, -0.05) is 37.3 Å². The number of aromatic amines is 1. The summed E-state index contributed by atoms with van der Waals surface area (Å²) in [7, 11) is 0. The summed E-state index contributed by atoms with van der Waals surface area (Å²) in [6.07, 6.45) is 1.01. The minimum Gasteiger partial charge on any atom is -0.493 e. The maximum absolute atomic E-state index is 5.77. The molecular weight excluding hydrogens is 274 g/mol. The maximum Gasteiger partial charge on any atom is 0.123 e. The van der Waals surface area contributed by atoms with E-state index in [4.69, 9.17) is 4.74 Å². The Morgan fingerprint density at radius 3 is 2.73 bits per heavy atom. The predicted molar refractivity (Wildman–Crippen MR) is 88.9 cm³/mol. The van der Waals surface area contributed by atoms with Gasteiger partial charge in [0, 0.05) is 12.1 Å².